The second-order valence-corrected chi connectivity index (χ2v) is 8.13. The highest BCUT2D eigenvalue weighted by molar-refractivity contribution is 7.22. The number of nitrogens with one attached hydrogen (secondary N) is 1. The molecule has 0 aliphatic carbocycles. The predicted octanol–water partition coefficient (Wildman–Crippen LogP) is 4.35. The molecule has 0 saturated carbocycles. The summed E-state index contributed by atoms with van der Waals surface area (Å²) in [5, 5.41) is 8.14. The van der Waals surface area contributed by atoms with Crippen LogP contribution < -0.4 is 10.1 Å². The van der Waals surface area contributed by atoms with Gasteiger partial charge in [-0.2, -0.15) is 5.10 Å². The Balaban J connectivity index is 1.66. The van der Waals surface area contributed by atoms with Crippen LogP contribution in [-0.4, -0.2) is 27.8 Å². The van der Waals surface area contributed by atoms with Crippen molar-refractivity contribution in [3.63, 3.8) is 0 Å². The first kappa shape index (κ1) is 19.4. The molecule has 0 saturated heterocycles. The highest BCUT2D eigenvalue weighted by atomic mass is 32.1. The van der Waals surface area contributed by atoms with E-state index in [0.717, 1.165) is 33.7 Å². The number of carbonyl (C=O) groups is 1. The normalized spacial score (nSPS) is 11.3. The minimum atomic E-state index is -0.0385. The predicted molar refractivity (Wildman–Crippen MR) is 110 cm³/mol. The quantitative estimate of drug-likeness (QED) is 0.656. The highest BCUT2D eigenvalue weighted by Crippen LogP contribution is 2.32. The number of methoxy groups -OCH3 is 1. The summed E-state index contributed by atoms with van der Waals surface area (Å²) >= 11 is 1.45. The number of amides is 1. The number of hydrogen-bond donors (Lipinski definition) is 1. The number of hydrogen-bond acceptors (Lipinski definition) is 5. The van der Waals surface area contributed by atoms with E-state index in [1.54, 1.807) is 7.11 Å². The third kappa shape index (κ3) is 4.30. The number of aryl methyl sites for hydroxylation is 1. The van der Waals surface area contributed by atoms with Gasteiger partial charge in [-0.05, 0) is 43.9 Å². The van der Waals surface area contributed by atoms with Crippen LogP contribution in [-0.2, 0) is 17.8 Å². The van der Waals surface area contributed by atoms with Gasteiger partial charge in [0.1, 0.15) is 11.3 Å². The monoisotopic (exact) mass is 386 g/mol. The maximum atomic E-state index is 12.4. The van der Waals surface area contributed by atoms with Gasteiger partial charge in [0.2, 0.25) is 5.91 Å². The van der Waals surface area contributed by atoms with Gasteiger partial charge in [0.25, 0.3) is 0 Å². The van der Waals surface area contributed by atoms with E-state index in [-0.39, 0.29) is 5.91 Å². The van der Waals surface area contributed by atoms with Crippen molar-refractivity contribution < 1.29 is 9.53 Å². The van der Waals surface area contributed by atoms with E-state index in [1.807, 2.05) is 29.8 Å². The average Bonchev–Trinajstić information content (AvgIpc) is 3.13. The second-order valence-electron chi connectivity index (χ2n) is 7.10. The summed E-state index contributed by atoms with van der Waals surface area (Å²) in [6.45, 7) is 9.34. The van der Waals surface area contributed by atoms with Crippen molar-refractivity contribution in [2.45, 2.75) is 47.1 Å². The molecule has 2 heterocycles. The Labute approximate surface area is 163 Å². The van der Waals surface area contributed by atoms with Crippen molar-refractivity contribution in [2.75, 3.05) is 12.4 Å². The van der Waals surface area contributed by atoms with Crippen LogP contribution >= 0.6 is 11.3 Å². The Morgan fingerprint density at radius 3 is 2.81 bits per heavy atom. The number of ether oxygens (including phenoxy) is 1. The lowest BCUT2D eigenvalue weighted by Gasteiger charge is -2.08. The van der Waals surface area contributed by atoms with Gasteiger partial charge in [0.05, 0.1) is 17.5 Å². The van der Waals surface area contributed by atoms with Crippen LogP contribution in [0.1, 0.15) is 37.2 Å². The molecule has 144 valence electrons. The molecule has 2 aromatic heterocycles. The summed E-state index contributed by atoms with van der Waals surface area (Å²) in [6.07, 6.45) is 1.08. The van der Waals surface area contributed by atoms with Gasteiger partial charge in [-0.1, -0.05) is 31.3 Å². The molecule has 1 N–H and O–H groups in total. The number of carbonyl (C=O) groups excluding carboxylic acids is 1. The standard InChI is InChI=1S/C20H26N4O2S/c1-12(2)11-24-14(4)15(13(3)23-24)9-10-18(25)21-20-22-19-16(26-5)7-6-8-17(19)27-20/h6-8,12H,9-11H2,1-5H3,(H,21,22,25). The van der Waals surface area contributed by atoms with E-state index >= 15 is 0 Å². The number of rotatable bonds is 7. The number of benzene rings is 1. The average molecular weight is 387 g/mol. The van der Waals surface area contributed by atoms with E-state index in [2.05, 4.69) is 36.2 Å². The maximum Gasteiger partial charge on any atom is 0.226 e. The molecule has 3 aromatic rings. The van der Waals surface area contributed by atoms with Gasteiger partial charge >= 0.3 is 0 Å². The van der Waals surface area contributed by atoms with Crippen LogP contribution in [0.25, 0.3) is 10.2 Å². The Kier molecular flexibility index (Phi) is 5.79. The molecule has 6 nitrogen and oxygen atoms in total. The van der Waals surface area contributed by atoms with Crippen LogP contribution in [0.3, 0.4) is 0 Å². The minimum absolute atomic E-state index is 0.0385. The fourth-order valence-corrected chi connectivity index (χ4v) is 4.08. The van der Waals surface area contributed by atoms with Gasteiger partial charge in [0, 0.05) is 18.7 Å². The van der Waals surface area contributed by atoms with E-state index in [9.17, 15) is 4.79 Å². The Bertz CT molecular complexity index is 958. The molecular formula is C20H26N4O2S. The topological polar surface area (TPSA) is 69.0 Å². The second kappa shape index (κ2) is 8.08. The van der Waals surface area contributed by atoms with Gasteiger partial charge in [-0.15, -0.1) is 0 Å². The molecule has 0 bridgehead atoms. The first-order valence-corrected chi connectivity index (χ1v) is 9.97. The molecule has 0 radical (unpaired) electrons. The largest absolute Gasteiger partial charge is 0.494 e. The lowest BCUT2D eigenvalue weighted by Crippen LogP contribution is -2.12. The Hall–Kier alpha value is -2.41. The molecule has 7 heteroatoms. The van der Waals surface area contributed by atoms with E-state index in [1.165, 1.54) is 11.3 Å². The van der Waals surface area contributed by atoms with Gasteiger partial charge in [-0.25, -0.2) is 4.98 Å². The third-order valence-corrected chi connectivity index (χ3v) is 5.46. The van der Waals surface area contributed by atoms with Crippen LogP contribution in [0.4, 0.5) is 5.13 Å². The van der Waals surface area contributed by atoms with Crippen molar-refractivity contribution in [3.05, 3.63) is 35.2 Å². The molecule has 0 aliphatic rings. The lowest BCUT2D eigenvalue weighted by molar-refractivity contribution is -0.116. The summed E-state index contributed by atoms with van der Waals surface area (Å²) in [7, 11) is 1.62. The third-order valence-electron chi connectivity index (χ3n) is 4.52. The number of fused-ring (bicyclic) bond motifs is 1. The summed E-state index contributed by atoms with van der Waals surface area (Å²) in [6, 6.07) is 5.76. The fraction of sp³-hybridized carbons (Fsp3) is 0.450. The van der Waals surface area contributed by atoms with Crippen molar-refractivity contribution in [2.24, 2.45) is 5.92 Å². The number of aromatic nitrogens is 3. The van der Waals surface area contributed by atoms with Crippen molar-refractivity contribution in [1.29, 1.82) is 0 Å². The van der Waals surface area contributed by atoms with Crippen LogP contribution in [0.15, 0.2) is 18.2 Å². The first-order chi connectivity index (χ1) is 12.9. The molecule has 1 amide bonds. The van der Waals surface area contributed by atoms with E-state index in [0.29, 0.717) is 29.6 Å². The molecular weight excluding hydrogens is 360 g/mol. The van der Waals surface area contributed by atoms with Crippen LogP contribution in [0.5, 0.6) is 5.75 Å². The zero-order valence-corrected chi connectivity index (χ0v) is 17.3. The smallest absolute Gasteiger partial charge is 0.226 e. The van der Waals surface area contributed by atoms with E-state index < -0.39 is 0 Å². The summed E-state index contributed by atoms with van der Waals surface area (Å²) in [5.41, 5.74) is 4.10. The SMILES string of the molecule is COc1cccc2sc(NC(=O)CCc3c(C)nn(CC(C)C)c3C)nc12. The number of nitrogens with zero attached hydrogens (tertiary/aromatic N) is 3. The van der Waals surface area contributed by atoms with Gasteiger partial charge in [0.15, 0.2) is 5.13 Å². The molecule has 0 fully saturated rings. The van der Waals surface area contributed by atoms with Crippen molar-refractivity contribution >= 4 is 32.6 Å². The van der Waals surface area contributed by atoms with E-state index in [4.69, 9.17) is 4.74 Å². The minimum Gasteiger partial charge on any atom is -0.494 e. The number of anilines is 1. The first-order valence-electron chi connectivity index (χ1n) is 9.15. The van der Waals surface area contributed by atoms with Gasteiger partial charge < -0.3 is 10.1 Å². The molecule has 0 aliphatic heterocycles. The fourth-order valence-electron chi connectivity index (χ4n) is 3.18. The zero-order valence-electron chi connectivity index (χ0n) is 16.5. The summed E-state index contributed by atoms with van der Waals surface area (Å²) in [5.74, 6) is 1.21. The van der Waals surface area contributed by atoms with Crippen molar-refractivity contribution in [3.8, 4) is 5.75 Å². The van der Waals surface area contributed by atoms with Crippen LogP contribution in [0.2, 0.25) is 0 Å². The molecule has 0 atom stereocenters. The zero-order chi connectivity index (χ0) is 19.6. The molecule has 1 aromatic carbocycles. The number of thiazole rings is 1. The molecule has 27 heavy (non-hydrogen) atoms. The van der Waals surface area contributed by atoms with Crippen LogP contribution in [0, 0.1) is 19.8 Å². The highest BCUT2D eigenvalue weighted by Gasteiger charge is 2.15. The number of para-hydroxylation sites is 1. The van der Waals surface area contributed by atoms with Crippen molar-refractivity contribution in [1.82, 2.24) is 14.8 Å². The summed E-state index contributed by atoms with van der Waals surface area (Å²) < 4.78 is 8.37. The molecule has 0 spiro atoms. The van der Waals surface area contributed by atoms with Gasteiger partial charge in [-0.3, -0.25) is 9.48 Å². The molecule has 3 rings (SSSR count). The Morgan fingerprint density at radius 2 is 2.11 bits per heavy atom. The summed E-state index contributed by atoms with van der Waals surface area (Å²) in [4.78, 5) is 16.9. The maximum absolute atomic E-state index is 12.4. The Morgan fingerprint density at radius 1 is 1.33 bits per heavy atom. The molecule has 0 unspecified atom stereocenters. The lowest BCUT2D eigenvalue weighted by atomic mass is 10.1.